The minimum absolute atomic E-state index is 0.221. The van der Waals surface area contributed by atoms with Crippen LogP contribution in [0.1, 0.15) is 16.7 Å². The summed E-state index contributed by atoms with van der Waals surface area (Å²) in [5.74, 6) is -0.221. The minimum Gasteiger partial charge on any atom is -0.380 e. The second kappa shape index (κ2) is 5.40. The normalized spacial score (nSPS) is 10.4. The van der Waals surface area contributed by atoms with Crippen molar-refractivity contribution in [1.29, 1.82) is 0 Å². The van der Waals surface area contributed by atoms with Crippen LogP contribution in [0.3, 0.4) is 0 Å². The Morgan fingerprint density at radius 1 is 1.17 bits per heavy atom. The van der Waals surface area contributed by atoms with Crippen LogP contribution >= 0.6 is 11.6 Å². The minimum atomic E-state index is -0.221. The smallest absolute Gasteiger partial charge is 0.123 e. The number of aryl methyl sites for hydroxylation is 2. The van der Waals surface area contributed by atoms with Crippen LogP contribution in [-0.4, -0.2) is 0 Å². The first-order chi connectivity index (χ1) is 8.56. The maximum atomic E-state index is 13.1. The van der Waals surface area contributed by atoms with Gasteiger partial charge in [-0.1, -0.05) is 29.8 Å². The molecule has 0 fully saturated rings. The Morgan fingerprint density at radius 2 is 1.94 bits per heavy atom. The molecule has 0 atom stereocenters. The first-order valence-corrected chi connectivity index (χ1v) is 6.19. The molecule has 0 aliphatic carbocycles. The average molecular weight is 264 g/mol. The van der Waals surface area contributed by atoms with Gasteiger partial charge in [-0.15, -0.1) is 0 Å². The van der Waals surface area contributed by atoms with Crippen molar-refractivity contribution in [2.24, 2.45) is 0 Å². The van der Waals surface area contributed by atoms with Crippen LogP contribution in [0.2, 0.25) is 5.02 Å². The summed E-state index contributed by atoms with van der Waals surface area (Å²) in [4.78, 5) is 0. The van der Waals surface area contributed by atoms with Gasteiger partial charge < -0.3 is 5.32 Å². The van der Waals surface area contributed by atoms with Crippen LogP contribution in [0, 0.1) is 19.7 Å². The first-order valence-electron chi connectivity index (χ1n) is 5.81. The summed E-state index contributed by atoms with van der Waals surface area (Å²) in [5, 5.41) is 3.95. The summed E-state index contributed by atoms with van der Waals surface area (Å²) in [7, 11) is 0. The van der Waals surface area contributed by atoms with Crippen molar-refractivity contribution in [3.8, 4) is 0 Å². The standard InChI is InChI=1S/C15H15ClFN/c1-10-6-11(2)15(14(16)7-10)18-9-12-4-3-5-13(17)8-12/h3-8,18H,9H2,1-2H3. The highest BCUT2D eigenvalue weighted by Crippen LogP contribution is 2.27. The van der Waals surface area contributed by atoms with Crippen LogP contribution in [0.5, 0.6) is 0 Å². The van der Waals surface area contributed by atoms with Gasteiger partial charge in [-0.2, -0.15) is 0 Å². The highest BCUT2D eigenvalue weighted by molar-refractivity contribution is 6.33. The zero-order chi connectivity index (χ0) is 13.1. The monoisotopic (exact) mass is 263 g/mol. The second-order valence-electron chi connectivity index (χ2n) is 4.42. The lowest BCUT2D eigenvalue weighted by Crippen LogP contribution is -2.02. The van der Waals surface area contributed by atoms with Crippen molar-refractivity contribution in [3.63, 3.8) is 0 Å². The molecule has 2 aromatic rings. The molecule has 0 heterocycles. The molecule has 2 aromatic carbocycles. The van der Waals surface area contributed by atoms with Crippen molar-refractivity contribution in [1.82, 2.24) is 0 Å². The molecular formula is C15H15ClFN. The number of benzene rings is 2. The predicted octanol–water partition coefficient (Wildman–Crippen LogP) is 4.71. The third kappa shape index (κ3) is 3.02. The van der Waals surface area contributed by atoms with Gasteiger partial charge in [-0.25, -0.2) is 4.39 Å². The van der Waals surface area contributed by atoms with E-state index in [1.807, 2.05) is 26.0 Å². The Kier molecular flexibility index (Phi) is 3.87. The third-order valence-electron chi connectivity index (χ3n) is 2.79. The third-order valence-corrected chi connectivity index (χ3v) is 3.09. The molecule has 0 aromatic heterocycles. The van der Waals surface area contributed by atoms with E-state index in [0.29, 0.717) is 11.6 Å². The van der Waals surface area contributed by atoms with E-state index in [1.54, 1.807) is 6.07 Å². The molecule has 3 heteroatoms. The SMILES string of the molecule is Cc1cc(C)c(NCc2cccc(F)c2)c(Cl)c1. The van der Waals surface area contributed by atoms with Gasteiger partial charge in [0.1, 0.15) is 5.82 Å². The van der Waals surface area contributed by atoms with E-state index in [9.17, 15) is 4.39 Å². The predicted molar refractivity (Wildman–Crippen MR) is 74.7 cm³/mol. The summed E-state index contributed by atoms with van der Waals surface area (Å²) >= 11 is 6.20. The Bertz CT molecular complexity index is 543. The van der Waals surface area contributed by atoms with E-state index >= 15 is 0 Å². The van der Waals surface area contributed by atoms with Gasteiger partial charge in [-0.3, -0.25) is 0 Å². The van der Waals surface area contributed by atoms with Crippen molar-refractivity contribution >= 4 is 17.3 Å². The molecule has 0 spiro atoms. The van der Waals surface area contributed by atoms with E-state index in [1.165, 1.54) is 12.1 Å². The molecule has 0 bridgehead atoms. The molecule has 0 amide bonds. The van der Waals surface area contributed by atoms with Gasteiger partial charge in [0.05, 0.1) is 10.7 Å². The summed E-state index contributed by atoms with van der Waals surface area (Å²) in [5.41, 5.74) is 4.03. The average Bonchev–Trinajstić information content (AvgIpc) is 2.27. The summed E-state index contributed by atoms with van der Waals surface area (Å²) < 4.78 is 13.1. The van der Waals surface area contributed by atoms with Gasteiger partial charge in [0.15, 0.2) is 0 Å². The number of nitrogens with one attached hydrogen (secondary N) is 1. The molecule has 18 heavy (non-hydrogen) atoms. The molecule has 0 radical (unpaired) electrons. The van der Waals surface area contributed by atoms with Gasteiger partial charge in [0.25, 0.3) is 0 Å². The Labute approximate surface area is 112 Å². The second-order valence-corrected chi connectivity index (χ2v) is 4.83. The first kappa shape index (κ1) is 12.9. The molecule has 0 aliphatic heterocycles. The van der Waals surface area contributed by atoms with E-state index in [-0.39, 0.29) is 5.82 Å². The fourth-order valence-corrected chi connectivity index (χ4v) is 2.36. The van der Waals surface area contributed by atoms with Crippen molar-refractivity contribution in [2.75, 3.05) is 5.32 Å². The van der Waals surface area contributed by atoms with E-state index in [2.05, 4.69) is 11.4 Å². The fourth-order valence-electron chi connectivity index (χ4n) is 1.98. The molecule has 1 N–H and O–H groups in total. The topological polar surface area (TPSA) is 12.0 Å². The molecule has 0 aliphatic rings. The molecular weight excluding hydrogens is 249 g/mol. The van der Waals surface area contributed by atoms with Crippen LogP contribution in [0.15, 0.2) is 36.4 Å². The summed E-state index contributed by atoms with van der Waals surface area (Å²) in [6.07, 6.45) is 0. The zero-order valence-corrected chi connectivity index (χ0v) is 11.2. The Balaban J connectivity index is 2.16. The number of anilines is 1. The van der Waals surface area contributed by atoms with Crippen molar-refractivity contribution < 1.29 is 4.39 Å². The Hall–Kier alpha value is -1.54. The lowest BCUT2D eigenvalue weighted by atomic mass is 10.1. The number of hydrogen-bond acceptors (Lipinski definition) is 1. The highest BCUT2D eigenvalue weighted by Gasteiger charge is 2.05. The van der Waals surface area contributed by atoms with Crippen molar-refractivity contribution in [2.45, 2.75) is 20.4 Å². The number of halogens is 2. The van der Waals surface area contributed by atoms with Crippen LogP contribution < -0.4 is 5.32 Å². The zero-order valence-electron chi connectivity index (χ0n) is 10.4. The van der Waals surface area contributed by atoms with Gasteiger partial charge in [-0.05, 0) is 48.7 Å². The number of hydrogen-bond donors (Lipinski definition) is 1. The van der Waals surface area contributed by atoms with E-state index in [0.717, 1.165) is 22.4 Å². The lowest BCUT2D eigenvalue weighted by Gasteiger charge is -2.12. The molecule has 2 rings (SSSR count). The van der Waals surface area contributed by atoms with E-state index in [4.69, 9.17) is 11.6 Å². The number of rotatable bonds is 3. The molecule has 0 saturated carbocycles. The summed E-state index contributed by atoms with van der Waals surface area (Å²) in [6, 6.07) is 10.5. The maximum absolute atomic E-state index is 13.1. The largest absolute Gasteiger partial charge is 0.380 e. The summed E-state index contributed by atoms with van der Waals surface area (Å²) in [6.45, 7) is 4.57. The maximum Gasteiger partial charge on any atom is 0.123 e. The van der Waals surface area contributed by atoms with Crippen LogP contribution in [0.4, 0.5) is 10.1 Å². The fraction of sp³-hybridized carbons (Fsp3) is 0.200. The molecule has 94 valence electrons. The van der Waals surface area contributed by atoms with Gasteiger partial charge in [0, 0.05) is 6.54 Å². The lowest BCUT2D eigenvalue weighted by molar-refractivity contribution is 0.626. The quantitative estimate of drug-likeness (QED) is 0.846. The van der Waals surface area contributed by atoms with Crippen LogP contribution in [0.25, 0.3) is 0 Å². The highest BCUT2D eigenvalue weighted by atomic mass is 35.5. The van der Waals surface area contributed by atoms with Gasteiger partial charge in [0.2, 0.25) is 0 Å². The van der Waals surface area contributed by atoms with Crippen LogP contribution in [-0.2, 0) is 6.54 Å². The molecule has 0 unspecified atom stereocenters. The molecule has 0 saturated heterocycles. The van der Waals surface area contributed by atoms with E-state index < -0.39 is 0 Å². The van der Waals surface area contributed by atoms with Gasteiger partial charge >= 0.3 is 0 Å². The Morgan fingerprint density at radius 3 is 2.61 bits per heavy atom. The molecule has 1 nitrogen and oxygen atoms in total. The van der Waals surface area contributed by atoms with Crippen molar-refractivity contribution in [3.05, 3.63) is 63.9 Å².